The largest absolute Gasteiger partial charge is 0.478 e. The first-order valence-corrected chi connectivity index (χ1v) is 8.66. The average molecular weight is 403 g/mol. The van der Waals surface area contributed by atoms with Crippen LogP contribution in [0.4, 0.5) is 11.6 Å². The highest BCUT2D eigenvalue weighted by Gasteiger charge is 2.12. The Hall–Kier alpha value is -4.54. The zero-order chi connectivity index (χ0) is 21.1. The van der Waals surface area contributed by atoms with Crippen LogP contribution in [0.5, 0.6) is 0 Å². The van der Waals surface area contributed by atoms with Gasteiger partial charge in [0.05, 0.1) is 34.3 Å². The maximum absolute atomic E-state index is 11.0. The first-order chi connectivity index (χ1) is 14.5. The number of non-ortho nitro benzene ring substituents is 1. The second-order valence-corrected chi connectivity index (χ2v) is 6.18. The number of hydrogen-bond acceptors (Lipinski definition) is 8. The van der Waals surface area contributed by atoms with Gasteiger partial charge in [-0.1, -0.05) is 18.2 Å². The van der Waals surface area contributed by atoms with Crippen molar-refractivity contribution in [3.63, 3.8) is 0 Å². The molecule has 1 N–H and O–H groups in total. The normalized spacial score (nSPS) is 11.2. The minimum Gasteiger partial charge on any atom is -0.478 e. The lowest BCUT2D eigenvalue weighted by Gasteiger charge is -2.02. The van der Waals surface area contributed by atoms with Gasteiger partial charge in [-0.05, 0) is 23.8 Å². The van der Waals surface area contributed by atoms with E-state index in [1.54, 1.807) is 36.7 Å². The lowest BCUT2D eigenvalue weighted by molar-refractivity contribution is -0.384. The van der Waals surface area contributed by atoms with Crippen molar-refractivity contribution >= 4 is 28.6 Å². The van der Waals surface area contributed by atoms with Crippen molar-refractivity contribution in [2.75, 3.05) is 0 Å². The smallest absolute Gasteiger partial charge is 0.335 e. The van der Waals surface area contributed by atoms with Crippen molar-refractivity contribution in [3.8, 4) is 5.69 Å². The van der Waals surface area contributed by atoms with Gasteiger partial charge in [-0.25, -0.2) is 14.5 Å². The van der Waals surface area contributed by atoms with E-state index in [1.807, 2.05) is 0 Å². The van der Waals surface area contributed by atoms with Crippen LogP contribution in [0, 0.1) is 10.1 Å². The number of hydrogen-bond donors (Lipinski definition) is 1. The molecule has 2 heterocycles. The van der Waals surface area contributed by atoms with Gasteiger partial charge >= 0.3 is 5.97 Å². The Labute approximate surface area is 168 Å². The molecule has 0 aliphatic rings. The number of aromatic nitrogens is 4. The van der Waals surface area contributed by atoms with Crippen LogP contribution in [-0.2, 0) is 6.54 Å². The van der Waals surface area contributed by atoms with E-state index in [0.29, 0.717) is 16.7 Å². The van der Waals surface area contributed by atoms with E-state index in [4.69, 9.17) is 5.11 Å². The molecule has 0 spiro atoms. The topological polar surface area (TPSA) is 149 Å². The zero-order valence-electron chi connectivity index (χ0n) is 15.3. The fraction of sp³-hybridized carbons (Fsp3) is 0.0526. The molecule has 2 aromatic heterocycles. The molecule has 0 saturated carbocycles. The molecule has 0 atom stereocenters. The Morgan fingerprint density at radius 2 is 1.97 bits per heavy atom. The number of carboxylic acids is 1. The van der Waals surface area contributed by atoms with Gasteiger partial charge in [0.25, 0.3) is 11.6 Å². The fourth-order valence-corrected chi connectivity index (χ4v) is 2.72. The molecule has 4 aromatic rings. The lowest BCUT2D eigenvalue weighted by atomic mass is 10.1. The summed E-state index contributed by atoms with van der Waals surface area (Å²) in [5.74, 6) is -0.887. The molecule has 0 radical (unpaired) electrons. The number of nitro benzene ring substituents is 1. The monoisotopic (exact) mass is 403 g/mol. The molecular formula is C19H13N7O4. The molecule has 4 rings (SSSR count). The van der Waals surface area contributed by atoms with Crippen molar-refractivity contribution in [2.24, 2.45) is 10.2 Å². The molecule has 2 aromatic carbocycles. The third-order valence-corrected chi connectivity index (χ3v) is 4.20. The lowest BCUT2D eigenvalue weighted by Crippen LogP contribution is -1.99. The van der Waals surface area contributed by atoms with Gasteiger partial charge in [0.2, 0.25) is 0 Å². The maximum atomic E-state index is 11.0. The van der Waals surface area contributed by atoms with Gasteiger partial charge in [0.1, 0.15) is 0 Å². The molecule has 11 nitrogen and oxygen atoms in total. The van der Waals surface area contributed by atoms with Crippen LogP contribution in [0.25, 0.3) is 16.7 Å². The van der Waals surface area contributed by atoms with Crippen LogP contribution in [0.1, 0.15) is 15.9 Å². The van der Waals surface area contributed by atoms with E-state index < -0.39 is 10.9 Å². The summed E-state index contributed by atoms with van der Waals surface area (Å²) in [5, 5.41) is 32.9. The first-order valence-electron chi connectivity index (χ1n) is 8.66. The predicted octanol–water partition coefficient (Wildman–Crippen LogP) is 3.71. The number of nitro groups is 1. The van der Waals surface area contributed by atoms with Gasteiger partial charge in [-0.3, -0.25) is 10.1 Å². The standard InChI is InChI=1S/C19H13N7O4/c27-18(28)13-6-4-12(5-7-13)9-21-24-19-20-10-14-11-22-25(17(14)23-19)15-2-1-3-16(8-15)26(29)30/h1-8,10-11H,9H2,(H,27,28). The van der Waals surface area contributed by atoms with E-state index in [2.05, 4.69) is 25.3 Å². The van der Waals surface area contributed by atoms with Gasteiger partial charge < -0.3 is 5.11 Å². The minimum absolute atomic E-state index is 0.0565. The van der Waals surface area contributed by atoms with Gasteiger partial charge in [0, 0.05) is 18.3 Å². The van der Waals surface area contributed by atoms with E-state index in [0.717, 1.165) is 5.56 Å². The van der Waals surface area contributed by atoms with E-state index >= 15 is 0 Å². The number of fused-ring (bicyclic) bond motifs is 1. The third-order valence-electron chi connectivity index (χ3n) is 4.20. The van der Waals surface area contributed by atoms with Crippen molar-refractivity contribution in [3.05, 3.63) is 82.2 Å². The highest BCUT2D eigenvalue weighted by molar-refractivity contribution is 5.87. The second kappa shape index (κ2) is 7.83. The summed E-state index contributed by atoms with van der Waals surface area (Å²) in [7, 11) is 0. The van der Waals surface area contributed by atoms with Crippen molar-refractivity contribution in [2.45, 2.75) is 6.54 Å². The molecular weight excluding hydrogens is 390 g/mol. The van der Waals surface area contributed by atoms with Crippen LogP contribution in [0.3, 0.4) is 0 Å². The van der Waals surface area contributed by atoms with Crippen LogP contribution in [0.15, 0.2) is 71.2 Å². The van der Waals surface area contributed by atoms with Gasteiger partial charge in [0.15, 0.2) is 5.65 Å². The maximum Gasteiger partial charge on any atom is 0.335 e. The van der Waals surface area contributed by atoms with Gasteiger partial charge in [-0.2, -0.15) is 15.2 Å². The highest BCUT2D eigenvalue weighted by atomic mass is 16.6. The summed E-state index contributed by atoms with van der Waals surface area (Å²) in [6.07, 6.45) is 3.10. The van der Waals surface area contributed by atoms with Crippen LogP contribution in [-0.4, -0.2) is 35.7 Å². The Balaban J connectivity index is 1.58. The molecule has 0 amide bonds. The molecule has 148 valence electrons. The Bertz CT molecular complexity index is 1280. The molecule has 0 aliphatic carbocycles. The average Bonchev–Trinajstić information content (AvgIpc) is 3.17. The summed E-state index contributed by atoms with van der Waals surface area (Å²) in [6.45, 7) is 0.228. The quantitative estimate of drug-likeness (QED) is 0.293. The number of nitrogens with zero attached hydrogens (tertiary/aromatic N) is 7. The second-order valence-electron chi connectivity index (χ2n) is 6.18. The summed E-state index contributed by atoms with van der Waals surface area (Å²) < 4.78 is 1.47. The number of carbonyl (C=O) groups is 1. The van der Waals surface area contributed by atoms with Crippen LogP contribution < -0.4 is 0 Å². The van der Waals surface area contributed by atoms with Crippen LogP contribution in [0.2, 0.25) is 0 Å². The molecule has 0 fully saturated rings. The first kappa shape index (κ1) is 18.8. The molecule has 11 heteroatoms. The zero-order valence-corrected chi connectivity index (χ0v) is 15.3. The van der Waals surface area contributed by atoms with E-state index in [-0.39, 0.29) is 23.7 Å². The molecule has 0 unspecified atom stereocenters. The SMILES string of the molecule is O=C(O)c1ccc(CN=Nc2ncc3cnn(-c4cccc([N+](=O)[O-])c4)c3n2)cc1. The number of azo groups is 1. The minimum atomic E-state index is -0.995. The number of benzene rings is 2. The third kappa shape index (κ3) is 3.85. The molecule has 30 heavy (non-hydrogen) atoms. The van der Waals surface area contributed by atoms with E-state index in [1.165, 1.54) is 28.9 Å². The fourth-order valence-electron chi connectivity index (χ4n) is 2.72. The van der Waals surface area contributed by atoms with E-state index in [9.17, 15) is 14.9 Å². The van der Waals surface area contributed by atoms with Crippen molar-refractivity contribution < 1.29 is 14.8 Å². The van der Waals surface area contributed by atoms with Crippen molar-refractivity contribution in [1.82, 2.24) is 19.7 Å². The van der Waals surface area contributed by atoms with Crippen molar-refractivity contribution in [1.29, 1.82) is 0 Å². The summed E-state index contributed by atoms with van der Waals surface area (Å²) >= 11 is 0. The van der Waals surface area contributed by atoms with Gasteiger partial charge in [-0.15, -0.1) is 5.11 Å². The highest BCUT2D eigenvalue weighted by Crippen LogP contribution is 2.21. The Morgan fingerprint density at radius 1 is 1.17 bits per heavy atom. The number of carboxylic acid groups (broad SMARTS) is 1. The molecule has 0 bridgehead atoms. The summed E-state index contributed by atoms with van der Waals surface area (Å²) in [6, 6.07) is 12.3. The predicted molar refractivity (Wildman–Crippen MR) is 105 cm³/mol. The number of aromatic carboxylic acids is 1. The molecule has 0 saturated heterocycles. The summed E-state index contributed by atoms with van der Waals surface area (Å²) in [5.41, 5.74) is 1.84. The summed E-state index contributed by atoms with van der Waals surface area (Å²) in [4.78, 5) is 29.9. The van der Waals surface area contributed by atoms with Crippen LogP contribution >= 0.6 is 0 Å². The molecule has 0 aliphatic heterocycles. The Morgan fingerprint density at radius 3 is 2.70 bits per heavy atom. The number of rotatable bonds is 6. The Kier molecular flexibility index (Phi) is 4.91.